The Morgan fingerprint density at radius 3 is 2.06 bits per heavy atom. The molecule has 0 aromatic heterocycles. The lowest BCUT2D eigenvalue weighted by Crippen LogP contribution is -2.33. The van der Waals surface area contributed by atoms with Gasteiger partial charge in [0.2, 0.25) is 5.91 Å². The molecule has 0 radical (unpaired) electrons. The van der Waals surface area contributed by atoms with Gasteiger partial charge in [-0.2, -0.15) is 0 Å². The zero-order valence-corrected chi connectivity index (χ0v) is 22.2. The second-order valence-corrected chi connectivity index (χ2v) is 10.7. The normalized spacial score (nSPS) is 11.0. The summed E-state index contributed by atoms with van der Waals surface area (Å²) in [5.74, 6) is 6.75. The molecule has 1 amide bonds. The molecular weight excluding hydrogens is 442 g/mol. The summed E-state index contributed by atoms with van der Waals surface area (Å²) in [5.41, 5.74) is 4.86. The van der Waals surface area contributed by atoms with Crippen LogP contribution >= 0.6 is 0 Å². The minimum absolute atomic E-state index is 0.0551. The van der Waals surface area contributed by atoms with Crippen molar-refractivity contribution >= 4 is 11.6 Å². The number of nitrogens with zero attached hydrogens (tertiary/aromatic N) is 1. The van der Waals surface area contributed by atoms with E-state index in [1.807, 2.05) is 30.3 Å². The number of hydrogen-bond acceptors (Lipinski definition) is 2. The number of carbonyl (C=O) groups excluding carboxylic acids is 1. The van der Waals surface area contributed by atoms with Crippen molar-refractivity contribution < 1.29 is 9.90 Å². The summed E-state index contributed by atoms with van der Waals surface area (Å²) in [6.07, 6.45) is 6.66. The Balaban J connectivity index is 1.72. The number of hydrogen-bond donors (Lipinski definition) is 1. The van der Waals surface area contributed by atoms with E-state index in [2.05, 4.69) is 63.8 Å². The maximum absolute atomic E-state index is 13.2. The van der Waals surface area contributed by atoms with Gasteiger partial charge in [-0.15, -0.1) is 0 Å². The highest BCUT2D eigenvalue weighted by Gasteiger charge is 2.22. The molecule has 0 aliphatic heterocycles. The number of benzene rings is 3. The summed E-state index contributed by atoms with van der Waals surface area (Å²) >= 11 is 0. The first-order valence-corrected chi connectivity index (χ1v) is 13.0. The molecule has 36 heavy (non-hydrogen) atoms. The summed E-state index contributed by atoms with van der Waals surface area (Å²) in [4.78, 5) is 15.0. The first-order valence-electron chi connectivity index (χ1n) is 13.0. The van der Waals surface area contributed by atoms with Crippen LogP contribution in [0.1, 0.15) is 82.1 Å². The first kappa shape index (κ1) is 27.1. The van der Waals surface area contributed by atoms with E-state index in [0.717, 1.165) is 28.8 Å². The highest BCUT2D eigenvalue weighted by molar-refractivity contribution is 5.93. The first-order chi connectivity index (χ1) is 17.2. The van der Waals surface area contributed by atoms with Gasteiger partial charge in [0.15, 0.2) is 0 Å². The third kappa shape index (κ3) is 8.93. The molecule has 0 saturated carbocycles. The summed E-state index contributed by atoms with van der Waals surface area (Å²) < 4.78 is 0. The molecule has 0 fully saturated rings. The Hall–Kier alpha value is -3.51. The SMILES string of the molecule is CCCCCCc1ccc(C#Cc2ccc(N(Cc3cccc(O)c3)C(=O)CC(C)(C)C)cc2)cc1. The molecule has 0 heterocycles. The van der Waals surface area contributed by atoms with Crippen LogP contribution in [0.3, 0.4) is 0 Å². The largest absolute Gasteiger partial charge is 0.508 e. The number of rotatable bonds is 9. The van der Waals surface area contributed by atoms with E-state index in [-0.39, 0.29) is 17.1 Å². The van der Waals surface area contributed by atoms with Gasteiger partial charge in [-0.3, -0.25) is 4.79 Å². The second-order valence-electron chi connectivity index (χ2n) is 10.7. The molecule has 188 valence electrons. The van der Waals surface area contributed by atoms with Crippen LogP contribution in [-0.2, 0) is 17.8 Å². The van der Waals surface area contributed by atoms with Gasteiger partial charge in [-0.25, -0.2) is 0 Å². The molecule has 0 aliphatic carbocycles. The smallest absolute Gasteiger partial charge is 0.227 e. The van der Waals surface area contributed by atoms with Crippen molar-refractivity contribution in [2.45, 2.75) is 72.8 Å². The van der Waals surface area contributed by atoms with Crippen molar-refractivity contribution in [3.8, 4) is 17.6 Å². The number of carbonyl (C=O) groups is 1. The summed E-state index contributed by atoms with van der Waals surface area (Å²) in [6.45, 7) is 8.83. The highest BCUT2D eigenvalue weighted by Crippen LogP contribution is 2.26. The molecular formula is C33H39NO2. The highest BCUT2D eigenvalue weighted by atomic mass is 16.3. The van der Waals surface area contributed by atoms with E-state index in [9.17, 15) is 9.90 Å². The van der Waals surface area contributed by atoms with E-state index in [1.54, 1.807) is 23.1 Å². The Morgan fingerprint density at radius 1 is 0.833 bits per heavy atom. The standard InChI is InChI=1S/C33H39NO2/c1-5-6-7-8-10-26-13-15-27(16-14-26)17-18-28-19-21-30(22-20-28)34(32(36)24-33(2,3)4)25-29-11-9-12-31(35)23-29/h9,11-16,19-23,35H,5-8,10,24-25H2,1-4H3. The second kappa shape index (κ2) is 13.0. The minimum atomic E-state index is -0.120. The number of aromatic hydroxyl groups is 1. The van der Waals surface area contributed by atoms with Gasteiger partial charge >= 0.3 is 0 Å². The van der Waals surface area contributed by atoms with Crippen LogP contribution in [0.2, 0.25) is 0 Å². The Morgan fingerprint density at radius 2 is 1.47 bits per heavy atom. The predicted molar refractivity (Wildman–Crippen MR) is 150 cm³/mol. The third-order valence-electron chi connectivity index (χ3n) is 6.04. The van der Waals surface area contributed by atoms with E-state index in [1.165, 1.54) is 31.2 Å². The van der Waals surface area contributed by atoms with Gasteiger partial charge in [0.25, 0.3) is 0 Å². The van der Waals surface area contributed by atoms with E-state index >= 15 is 0 Å². The van der Waals surface area contributed by atoms with Gasteiger partial charge in [-0.05, 0) is 77.9 Å². The van der Waals surface area contributed by atoms with Crippen molar-refractivity contribution in [2.75, 3.05) is 4.90 Å². The Bertz CT molecular complexity index is 1180. The fourth-order valence-electron chi connectivity index (χ4n) is 4.09. The van der Waals surface area contributed by atoms with Crippen LogP contribution < -0.4 is 4.90 Å². The van der Waals surface area contributed by atoms with Crippen molar-refractivity contribution in [3.63, 3.8) is 0 Å². The number of anilines is 1. The van der Waals surface area contributed by atoms with Gasteiger partial charge in [-0.1, -0.05) is 83.1 Å². The molecule has 0 spiro atoms. The summed E-state index contributed by atoms with van der Waals surface area (Å²) in [6, 6.07) is 23.4. The molecule has 3 heteroatoms. The average Bonchev–Trinajstić information content (AvgIpc) is 2.84. The maximum Gasteiger partial charge on any atom is 0.227 e. The van der Waals surface area contributed by atoms with Gasteiger partial charge in [0.05, 0.1) is 6.54 Å². The van der Waals surface area contributed by atoms with Crippen LogP contribution in [0.5, 0.6) is 5.75 Å². The summed E-state index contributed by atoms with van der Waals surface area (Å²) in [7, 11) is 0. The predicted octanol–water partition coefficient (Wildman–Crippen LogP) is 7.88. The number of phenolic OH excluding ortho intramolecular Hbond substituents is 1. The van der Waals surface area contributed by atoms with Crippen molar-refractivity contribution in [1.29, 1.82) is 0 Å². The lowest BCUT2D eigenvalue weighted by molar-refractivity contribution is -0.120. The topological polar surface area (TPSA) is 40.5 Å². The van der Waals surface area contributed by atoms with Crippen molar-refractivity contribution in [3.05, 3.63) is 95.1 Å². The average molecular weight is 482 g/mol. The molecule has 0 saturated heterocycles. The van der Waals surface area contributed by atoms with Gasteiger partial charge in [0, 0.05) is 23.2 Å². The number of phenols is 1. The van der Waals surface area contributed by atoms with Gasteiger partial charge in [0.1, 0.15) is 5.75 Å². The van der Waals surface area contributed by atoms with E-state index in [0.29, 0.717) is 13.0 Å². The molecule has 3 aromatic rings. The lowest BCUT2D eigenvalue weighted by atomic mass is 9.91. The quantitative estimate of drug-likeness (QED) is 0.249. The van der Waals surface area contributed by atoms with Crippen LogP contribution in [-0.4, -0.2) is 11.0 Å². The number of unbranched alkanes of at least 4 members (excludes halogenated alkanes) is 3. The molecule has 3 aromatic carbocycles. The number of amides is 1. The molecule has 0 unspecified atom stereocenters. The Kier molecular flexibility index (Phi) is 9.77. The monoisotopic (exact) mass is 481 g/mol. The molecule has 3 nitrogen and oxygen atoms in total. The van der Waals surface area contributed by atoms with Crippen LogP contribution in [0.25, 0.3) is 0 Å². The maximum atomic E-state index is 13.2. The number of aryl methyl sites for hydroxylation is 1. The summed E-state index contributed by atoms with van der Waals surface area (Å²) in [5, 5.41) is 9.87. The fourth-order valence-corrected chi connectivity index (χ4v) is 4.09. The van der Waals surface area contributed by atoms with Crippen molar-refractivity contribution in [2.24, 2.45) is 5.41 Å². The van der Waals surface area contributed by atoms with Gasteiger partial charge < -0.3 is 10.0 Å². The molecule has 1 N–H and O–H groups in total. The zero-order valence-electron chi connectivity index (χ0n) is 22.2. The zero-order chi connectivity index (χ0) is 26.0. The van der Waals surface area contributed by atoms with Crippen LogP contribution in [0.4, 0.5) is 5.69 Å². The molecule has 0 atom stereocenters. The molecule has 3 rings (SSSR count). The fraction of sp³-hybridized carbons (Fsp3) is 0.364. The van der Waals surface area contributed by atoms with Crippen molar-refractivity contribution in [1.82, 2.24) is 0 Å². The molecule has 0 aliphatic rings. The van der Waals surface area contributed by atoms with Crippen LogP contribution in [0, 0.1) is 17.3 Å². The van der Waals surface area contributed by atoms with Crippen LogP contribution in [0.15, 0.2) is 72.8 Å². The minimum Gasteiger partial charge on any atom is -0.508 e. The Labute approximate surface area is 217 Å². The third-order valence-corrected chi connectivity index (χ3v) is 6.04. The molecule has 0 bridgehead atoms. The van der Waals surface area contributed by atoms with E-state index < -0.39 is 0 Å². The van der Waals surface area contributed by atoms with E-state index in [4.69, 9.17) is 0 Å². The lowest BCUT2D eigenvalue weighted by Gasteiger charge is -2.27.